The first-order valence-corrected chi connectivity index (χ1v) is 5.70. The van der Waals surface area contributed by atoms with Gasteiger partial charge in [0.1, 0.15) is 22.8 Å². The minimum atomic E-state index is 0.236. The van der Waals surface area contributed by atoms with Gasteiger partial charge < -0.3 is 14.6 Å². The normalized spacial score (nSPS) is 10.9. The van der Waals surface area contributed by atoms with E-state index in [0.717, 1.165) is 22.3 Å². The van der Waals surface area contributed by atoms with Crippen LogP contribution in [-0.2, 0) is 6.42 Å². The van der Waals surface area contributed by atoms with Crippen molar-refractivity contribution in [1.82, 2.24) is 0 Å². The Morgan fingerprint density at radius 2 is 1.56 bits per heavy atom. The van der Waals surface area contributed by atoms with Crippen molar-refractivity contribution in [2.24, 2.45) is 0 Å². The Labute approximate surface area is 104 Å². The number of phenols is 2. The average molecular weight is 240 g/mol. The summed E-state index contributed by atoms with van der Waals surface area (Å²) >= 11 is 0. The lowest BCUT2D eigenvalue weighted by Crippen LogP contribution is -1.83. The molecule has 0 saturated heterocycles. The predicted molar refractivity (Wildman–Crippen MR) is 68.8 cm³/mol. The number of phenolic OH excluding ortho intramolecular Hbond substituents is 2. The van der Waals surface area contributed by atoms with E-state index in [9.17, 15) is 10.2 Å². The lowest BCUT2D eigenvalue weighted by Gasteiger charge is -1.98. The molecule has 0 atom stereocenters. The Kier molecular flexibility index (Phi) is 2.45. The fraction of sp³-hybridized carbons (Fsp3) is 0.0667. The van der Waals surface area contributed by atoms with E-state index in [1.54, 1.807) is 30.3 Å². The molecule has 1 heterocycles. The molecule has 90 valence electrons. The summed E-state index contributed by atoms with van der Waals surface area (Å²) < 4.78 is 5.68. The van der Waals surface area contributed by atoms with Gasteiger partial charge >= 0.3 is 0 Å². The third-order valence-electron chi connectivity index (χ3n) is 2.87. The molecule has 0 aliphatic heterocycles. The number of hydrogen-bond acceptors (Lipinski definition) is 3. The van der Waals surface area contributed by atoms with Crippen LogP contribution in [0.2, 0.25) is 0 Å². The third-order valence-corrected chi connectivity index (χ3v) is 2.87. The Morgan fingerprint density at radius 1 is 0.833 bits per heavy atom. The minimum Gasteiger partial charge on any atom is -0.508 e. The van der Waals surface area contributed by atoms with Crippen LogP contribution in [0, 0.1) is 0 Å². The quantitative estimate of drug-likeness (QED) is 0.721. The Balaban J connectivity index is 1.92. The summed E-state index contributed by atoms with van der Waals surface area (Å²) in [6.07, 6.45) is 0.662. The molecule has 2 aromatic carbocycles. The van der Waals surface area contributed by atoms with Crippen LogP contribution >= 0.6 is 0 Å². The molecule has 0 spiro atoms. The maximum atomic E-state index is 9.39. The van der Waals surface area contributed by atoms with Crippen molar-refractivity contribution < 1.29 is 14.6 Å². The van der Waals surface area contributed by atoms with Crippen LogP contribution in [0.25, 0.3) is 11.0 Å². The summed E-state index contributed by atoms with van der Waals surface area (Å²) in [5, 5.41) is 19.5. The molecule has 0 unspecified atom stereocenters. The zero-order chi connectivity index (χ0) is 12.5. The number of hydrogen-bond donors (Lipinski definition) is 2. The van der Waals surface area contributed by atoms with E-state index in [2.05, 4.69) is 0 Å². The van der Waals surface area contributed by atoms with Crippen LogP contribution in [0.5, 0.6) is 11.5 Å². The first-order chi connectivity index (χ1) is 8.70. The topological polar surface area (TPSA) is 53.6 Å². The monoisotopic (exact) mass is 240 g/mol. The van der Waals surface area contributed by atoms with Gasteiger partial charge in [0, 0.05) is 11.8 Å². The molecule has 2 N–H and O–H groups in total. The van der Waals surface area contributed by atoms with Gasteiger partial charge in [-0.3, -0.25) is 0 Å². The Hall–Kier alpha value is -2.42. The van der Waals surface area contributed by atoms with Crippen molar-refractivity contribution in [3.05, 3.63) is 59.9 Å². The van der Waals surface area contributed by atoms with Gasteiger partial charge in [-0.2, -0.15) is 0 Å². The summed E-state index contributed by atoms with van der Waals surface area (Å²) in [7, 11) is 0. The Bertz CT molecular complexity index is 681. The molecule has 0 amide bonds. The lowest BCUT2D eigenvalue weighted by atomic mass is 10.1. The second kappa shape index (κ2) is 4.11. The van der Waals surface area contributed by atoms with Gasteiger partial charge in [0.15, 0.2) is 0 Å². The van der Waals surface area contributed by atoms with E-state index < -0.39 is 0 Å². The van der Waals surface area contributed by atoms with Crippen LogP contribution in [0.4, 0.5) is 0 Å². The maximum Gasteiger partial charge on any atom is 0.134 e. The molecule has 3 nitrogen and oxygen atoms in total. The van der Waals surface area contributed by atoms with Crippen molar-refractivity contribution in [2.75, 3.05) is 0 Å². The van der Waals surface area contributed by atoms with E-state index in [1.165, 1.54) is 0 Å². The highest BCUT2D eigenvalue weighted by molar-refractivity contribution is 5.79. The smallest absolute Gasteiger partial charge is 0.134 e. The van der Waals surface area contributed by atoms with Crippen molar-refractivity contribution in [2.45, 2.75) is 6.42 Å². The van der Waals surface area contributed by atoms with Gasteiger partial charge in [-0.25, -0.2) is 0 Å². The number of rotatable bonds is 2. The van der Waals surface area contributed by atoms with Crippen LogP contribution in [0.1, 0.15) is 11.3 Å². The fourth-order valence-corrected chi connectivity index (χ4v) is 1.99. The van der Waals surface area contributed by atoms with E-state index in [-0.39, 0.29) is 11.5 Å². The number of aromatic hydroxyl groups is 2. The van der Waals surface area contributed by atoms with Gasteiger partial charge in [0.25, 0.3) is 0 Å². The van der Waals surface area contributed by atoms with Crippen LogP contribution in [0.15, 0.2) is 52.9 Å². The largest absolute Gasteiger partial charge is 0.508 e. The Morgan fingerprint density at radius 3 is 2.33 bits per heavy atom. The molecule has 0 fully saturated rings. The van der Waals surface area contributed by atoms with Crippen molar-refractivity contribution in [3.8, 4) is 11.5 Å². The van der Waals surface area contributed by atoms with Crippen molar-refractivity contribution >= 4 is 11.0 Å². The molecule has 0 aliphatic rings. The first-order valence-electron chi connectivity index (χ1n) is 5.70. The highest BCUT2D eigenvalue weighted by atomic mass is 16.3. The summed E-state index contributed by atoms with van der Waals surface area (Å²) in [6.45, 7) is 0. The molecule has 3 heteroatoms. The molecule has 1 aromatic heterocycles. The van der Waals surface area contributed by atoms with E-state index in [4.69, 9.17) is 4.42 Å². The first kappa shape index (κ1) is 10.7. The van der Waals surface area contributed by atoms with Crippen LogP contribution < -0.4 is 0 Å². The average Bonchev–Trinajstić information content (AvgIpc) is 2.73. The maximum absolute atomic E-state index is 9.39. The summed E-state index contributed by atoms with van der Waals surface area (Å²) in [5.74, 6) is 1.33. The number of furan rings is 1. The summed E-state index contributed by atoms with van der Waals surface area (Å²) in [6, 6.07) is 14.0. The van der Waals surface area contributed by atoms with E-state index >= 15 is 0 Å². The van der Waals surface area contributed by atoms with E-state index in [1.807, 2.05) is 18.2 Å². The molecule has 0 aliphatic carbocycles. The second-order valence-electron chi connectivity index (χ2n) is 4.28. The van der Waals surface area contributed by atoms with Crippen LogP contribution in [-0.4, -0.2) is 10.2 Å². The highest BCUT2D eigenvalue weighted by Crippen LogP contribution is 2.25. The van der Waals surface area contributed by atoms with E-state index in [0.29, 0.717) is 6.42 Å². The molecule has 0 saturated carbocycles. The molecular weight excluding hydrogens is 228 g/mol. The number of benzene rings is 2. The molecule has 3 aromatic rings. The lowest BCUT2D eigenvalue weighted by molar-refractivity contribution is 0.475. The molecule has 18 heavy (non-hydrogen) atoms. The number of fused-ring (bicyclic) bond motifs is 1. The zero-order valence-corrected chi connectivity index (χ0v) is 9.63. The van der Waals surface area contributed by atoms with Crippen LogP contribution in [0.3, 0.4) is 0 Å². The van der Waals surface area contributed by atoms with Crippen molar-refractivity contribution in [3.63, 3.8) is 0 Å². The van der Waals surface area contributed by atoms with Crippen molar-refractivity contribution in [1.29, 1.82) is 0 Å². The SMILES string of the molecule is Oc1ccc(Cc2cc3cc(O)ccc3o2)cc1. The zero-order valence-electron chi connectivity index (χ0n) is 9.63. The summed E-state index contributed by atoms with van der Waals surface area (Å²) in [5.41, 5.74) is 1.83. The highest BCUT2D eigenvalue weighted by Gasteiger charge is 2.05. The van der Waals surface area contributed by atoms with Gasteiger partial charge in [-0.05, 0) is 42.0 Å². The fourth-order valence-electron chi connectivity index (χ4n) is 1.99. The minimum absolute atomic E-state index is 0.236. The molecular formula is C15H12O3. The molecule has 0 radical (unpaired) electrons. The molecule has 0 bridgehead atoms. The van der Waals surface area contributed by atoms with Gasteiger partial charge in [-0.1, -0.05) is 12.1 Å². The predicted octanol–water partition coefficient (Wildman–Crippen LogP) is 3.43. The molecule has 3 rings (SSSR count). The van der Waals surface area contributed by atoms with Gasteiger partial charge in [0.05, 0.1) is 0 Å². The second-order valence-corrected chi connectivity index (χ2v) is 4.28. The van der Waals surface area contributed by atoms with Gasteiger partial charge in [0.2, 0.25) is 0 Å². The standard InChI is InChI=1S/C15H12O3/c16-12-3-1-10(2-4-12)7-14-9-11-8-13(17)5-6-15(11)18-14/h1-6,8-9,16-17H,7H2. The van der Waals surface area contributed by atoms with Gasteiger partial charge in [-0.15, -0.1) is 0 Å². The third kappa shape index (κ3) is 2.02. The summed E-state index contributed by atoms with van der Waals surface area (Å²) in [4.78, 5) is 0.